The summed E-state index contributed by atoms with van der Waals surface area (Å²) in [5, 5.41) is 0. The Bertz CT molecular complexity index is 981. The Morgan fingerprint density at radius 2 is 1.67 bits per heavy atom. The Hall–Kier alpha value is -2.83. The molecule has 30 heavy (non-hydrogen) atoms. The van der Waals surface area contributed by atoms with Crippen molar-refractivity contribution < 1.29 is 14.3 Å². The second-order valence-electron chi connectivity index (χ2n) is 9.53. The van der Waals surface area contributed by atoms with E-state index in [-0.39, 0.29) is 11.7 Å². The van der Waals surface area contributed by atoms with Crippen LogP contribution in [-0.2, 0) is 10.3 Å². The van der Waals surface area contributed by atoms with Gasteiger partial charge >= 0.3 is 12.0 Å². The smallest absolute Gasteiger partial charge is 0.359 e. The van der Waals surface area contributed by atoms with Crippen LogP contribution in [-0.4, -0.2) is 45.1 Å². The van der Waals surface area contributed by atoms with E-state index in [9.17, 15) is 9.59 Å². The van der Waals surface area contributed by atoms with Crippen LogP contribution in [0.3, 0.4) is 0 Å². The molecule has 1 aromatic heterocycles. The van der Waals surface area contributed by atoms with Crippen molar-refractivity contribution in [3.8, 4) is 5.69 Å². The molecule has 0 bridgehead atoms. The van der Waals surface area contributed by atoms with Gasteiger partial charge in [-0.25, -0.2) is 14.6 Å². The fourth-order valence-corrected chi connectivity index (χ4v) is 4.42. The maximum atomic E-state index is 13.7. The van der Waals surface area contributed by atoms with E-state index in [1.54, 1.807) is 6.33 Å². The third-order valence-corrected chi connectivity index (χ3v) is 5.70. The summed E-state index contributed by atoms with van der Waals surface area (Å²) < 4.78 is 7.52. The van der Waals surface area contributed by atoms with E-state index >= 15 is 0 Å². The summed E-state index contributed by atoms with van der Waals surface area (Å²) in [7, 11) is 0. The molecule has 0 saturated carbocycles. The van der Waals surface area contributed by atoms with Crippen LogP contribution in [0.4, 0.5) is 10.5 Å². The number of anilines is 1. The van der Waals surface area contributed by atoms with Crippen LogP contribution in [0.1, 0.15) is 70.1 Å². The number of imidazole rings is 1. The maximum absolute atomic E-state index is 13.7. The standard InChI is InChI=1S/C23H30N4O3/c1-22(2,3)30-20(28)18-19-23(4,5)27(21(29)25-13-9-6-10-14-25)17-12-8-7-11-16(17)26(19)15-24-18/h7-8,11-12,15H,6,9-10,13-14H2,1-5H3. The van der Waals surface area contributed by atoms with E-state index in [1.807, 2.05) is 73.3 Å². The van der Waals surface area contributed by atoms with Gasteiger partial charge in [0.2, 0.25) is 0 Å². The van der Waals surface area contributed by atoms with Gasteiger partial charge in [-0.1, -0.05) is 12.1 Å². The zero-order chi connectivity index (χ0) is 21.7. The van der Waals surface area contributed by atoms with Gasteiger partial charge in [-0.05, 0) is 66.0 Å². The van der Waals surface area contributed by atoms with Crippen molar-refractivity contribution in [3.63, 3.8) is 0 Å². The number of likely N-dealkylation sites (tertiary alicyclic amines) is 1. The predicted octanol–water partition coefficient (Wildman–Crippen LogP) is 4.49. The highest BCUT2D eigenvalue weighted by Crippen LogP contribution is 2.44. The van der Waals surface area contributed by atoms with E-state index in [0.29, 0.717) is 5.69 Å². The van der Waals surface area contributed by atoms with Crippen LogP contribution in [0.2, 0.25) is 0 Å². The van der Waals surface area contributed by atoms with Crippen LogP contribution in [0.25, 0.3) is 5.69 Å². The molecule has 2 aliphatic heterocycles. The number of esters is 1. The highest BCUT2D eigenvalue weighted by molar-refractivity contribution is 5.98. The molecule has 0 aliphatic carbocycles. The predicted molar refractivity (Wildman–Crippen MR) is 115 cm³/mol. The maximum Gasteiger partial charge on any atom is 0.359 e. The average Bonchev–Trinajstić information content (AvgIpc) is 3.14. The molecule has 2 amide bonds. The minimum Gasteiger partial charge on any atom is -0.455 e. The lowest BCUT2D eigenvalue weighted by Crippen LogP contribution is -2.56. The fraction of sp³-hybridized carbons (Fsp3) is 0.522. The van der Waals surface area contributed by atoms with Gasteiger partial charge in [0.15, 0.2) is 5.69 Å². The van der Waals surface area contributed by atoms with Gasteiger partial charge in [-0.15, -0.1) is 0 Å². The van der Waals surface area contributed by atoms with E-state index in [2.05, 4.69) is 4.98 Å². The molecule has 1 saturated heterocycles. The van der Waals surface area contributed by atoms with Crippen LogP contribution < -0.4 is 4.90 Å². The first kappa shape index (κ1) is 20.4. The SMILES string of the molecule is CC(C)(C)OC(=O)c1ncn2c1C(C)(C)N(C(=O)N1CCCCC1)c1ccccc1-2. The Morgan fingerprint density at radius 1 is 1.03 bits per heavy atom. The number of para-hydroxylation sites is 2. The second kappa shape index (κ2) is 7.15. The van der Waals surface area contributed by atoms with Crippen molar-refractivity contribution in [3.05, 3.63) is 42.0 Å². The van der Waals surface area contributed by atoms with Crippen molar-refractivity contribution in [2.24, 2.45) is 0 Å². The minimum absolute atomic E-state index is 0.0326. The molecule has 7 nitrogen and oxygen atoms in total. The molecule has 160 valence electrons. The van der Waals surface area contributed by atoms with Gasteiger partial charge in [0.05, 0.1) is 22.6 Å². The summed E-state index contributed by atoms with van der Waals surface area (Å²) >= 11 is 0. The quantitative estimate of drug-likeness (QED) is 0.650. The number of hydrogen-bond donors (Lipinski definition) is 0. The zero-order valence-corrected chi connectivity index (χ0v) is 18.4. The summed E-state index contributed by atoms with van der Waals surface area (Å²) in [5.74, 6) is -0.478. The van der Waals surface area contributed by atoms with Crippen molar-refractivity contribution >= 4 is 17.7 Å². The Kier molecular flexibility index (Phi) is 4.87. The molecule has 3 heterocycles. The lowest BCUT2D eigenvalue weighted by Gasteiger charge is -2.46. The molecule has 7 heteroatoms. The van der Waals surface area contributed by atoms with Crippen molar-refractivity contribution in [1.29, 1.82) is 0 Å². The highest BCUT2D eigenvalue weighted by atomic mass is 16.6. The fourth-order valence-electron chi connectivity index (χ4n) is 4.42. The highest BCUT2D eigenvalue weighted by Gasteiger charge is 2.46. The normalized spacial score (nSPS) is 17.9. The molecule has 0 atom stereocenters. The molecule has 0 spiro atoms. The number of carbonyl (C=O) groups excluding carboxylic acids is 2. The van der Waals surface area contributed by atoms with Crippen molar-refractivity contribution in [2.45, 2.75) is 65.0 Å². The van der Waals surface area contributed by atoms with Crippen LogP contribution in [0, 0.1) is 0 Å². The number of ether oxygens (including phenoxy) is 1. The third-order valence-electron chi connectivity index (χ3n) is 5.70. The number of hydrogen-bond acceptors (Lipinski definition) is 4. The Morgan fingerprint density at radius 3 is 2.30 bits per heavy atom. The van der Waals surface area contributed by atoms with E-state index in [4.69, 9.17) is 4.74 Å². The molecule has 2 aliphatic rings. The summed E-state index contributed by atoms with van der Waals surface area (Å²) in [6.45, 7) is 10.9. The molecule has 1 aromatic carbocycles. The number of rotatable bonds is 1. The largest absolute Gasteiger partial charge is 0.455 e. The number of nitrogens with zero attached hydrogens (tertiary/aromatic N) is 4. The van der Waals surface area contributed by atoms with Gasteiger partial charge in [-0.3, -0.25) is 9.47 Å². The molecule has 0 radical (unpaired) electrons. The number of carbonyl (C=O) groups is 2. The summed E-state index contributed by atoms with van der Waals surface area (Å²) in [6, 6.07) is 7.73. The molecule has 2 aromatic rings. The Labute approximate surface area is 177 Å². The van der Waals surface area contributed by atoms with E-state index < -0.39 is 17.1 Å². The topological polar surface area (TPSA) is 67.7 Å². The number of amides is 2. The number of fused-ring (bicyclic) bond motifs is 3. The first-order chi connectivity index (χ1) is 14.1. The van der Waals surface area contributed by atoms with Crippen molar-refractivity contribution in [2.75, 3.05) is 18.0 Å². The zero-order valence-electron chi connectivity index (χ0n) is 18.4. The van der Waals surface area contributed by atoms with Gasteiger partial charge in [0.25, 0.3) is 0 Å². The van der Waals surface area contributed by atoms with Gasteiger partial charge in [0.1, 0.15) is 11.9 Å². The minimum atomic E-state index is -0.786. The second-order valence-corrected chi connectivity index (χ2v) is 9.53. The summed E-state index contributed by atoms with van der Waals surface area (Å²) in [4.78, 5) is 34.8. The molecule has 0 N–H and O–H groups in total. The van der Waals surface area contributed by atoms with Gasteiger partial charge in [-0.2, -0.15) is 0 Å². The van der Waals surface area contributed by atoms with Gasteiger partial charge in [0, 0.05) is 13.1 Å². The lowest BCUT2D eigenvalue weighted by atomic mass is 9.91. The number of urea groups is 1. The lowest BCUT2D eigenvalue weighted by molar-refractivity contribution is 0.00600. The molecular formula is C23H30N4O3. The summed E-state index contributed by atoms with van der Waals surface area (Å²) in [5.41, 5.74) is 1.15. The molecular weight excluding hydrogens is 380 g/mol. The molecule has 0 unspecified atom stereocenters. The first-order valence-corrected chi connectivity index (χ1v) is 10.6. The van der Waals surface area contributed by atoms with Crippen molar-refractivity contribution in [1.82, 2.24) is 14.5 Å². The number of benzene rings is 1. The number of piperidine rings is 1. The first-order valence-electron chi connectivity index (χ1n) is 10.6. The van der Waals surface area contributed by atoms with Crippen LogP contribution in [0.15, 0.2) is 30.6 Å². The van der Waals surface area contributed by atoms with E-state index in [1.165, 1.54) is 0 Å². The monoisotopic (exact) mass is 410 g/mol. The van der Waals surface area contributed by atoms with E-state index in [0.717, 1.165) is 43.7 Å². The van der Waals surface area contributed by atoms with Crippen LogP contribution >= 0.6 is 0 Å². The Balaban J connectivity index is 1.84. The van der Waals surface area contributed by atoms with Gasteiger partial charge < -0.3 is 9.64 Å². The molecule has 1 fully saturated rings. The number of aromatic nitrogens is 2. The molecule has 4 rings (SSSR count). The van der Waals surface area contributed by atoms with Crippen LogP contribution in [0.5, 0.6) is 0 Å². The third kappa shape index (κ3) is 3.36. The average molecular weight is 411 g/mol. The summed E-state index contributed by atoms with van der Waals surface area (Å²) in [6.07, 6.45) is 4.84.